The average Bonchev–Trinajstić information content (AvgIpc) is 2.79. The highest BCUT2D eigenvalue weighted by Crippen LogP contribution is 2.24. The first-order chi connectivity index (χ1) is 14.8. The van der Waals surface area contributed by atoms with Crippen molar-refractivity contribution in [2.24, 2.45) is 0 Å². The first-order valence-electron chi connectivity index (χ1n) is 10.4. The SMILES string of the molecule is CCN(C)C(C(=O)N1CCN(S(=O)(=O)c2cccc(C(C)=O)c2)CC1)c1ccccc1. The molecule has 0 N–H and O–H groups in total. The van der Waals surface area contributed by atoms with E-state index in [9.17, 15) is 18.0 Å². The van der Waals surface area contributed by atoms with Gasteiger partial charge in [-0.3, -0.25) is 14.5 Å². The highest BCUT2D eigenvalue weighted by atomic mass is 32.2. The normalized spacial score (nSPS) is 16.3. The molecule has 1 saturated heterocycles. The summed E-state index contributed by atoms with van der Waals surface area (Å²) in [6, 6.07) is 15.3. The Bertz CT molecular complexity index is 1030. The molecule has 1 heterocycles. The van der Waals surface area contributed by atoms with E-state index in [1.165, 1.54) is 23.4 Å². The minimum Gasteiger partial charge on any atom is -0.338 e. The number of carbonyl (C=O) groups is 2. The van der Waals surface area contributed by atoms with Gasteiger partial charge < -0.3 is 4.90 Å². The standard InChI is InChI=1S/C23H29N3O4S/c1-4-24(3)22(19-9-6-5-7-10-19)23(28)25-13-15-26(16-14-25)31(29,30)21-12-8-11-20(17-21)18(2)27/h5-12,17,22H,4,13-16H2,1-3H3. The molecule has 0 aliphatic carbocycles. The van der Waals surface area contributed by atoms with Crippen LogP contribution in [0.5, 0.6) is 0 Å². The van der Waals surface area contributed by atoms with Crippen LogP contribution in [-0.2, 0) is 14.8 Å². The van der Waals surface area contributed by atoms with Gasteiger partial charge in [-0.05, 0) is 38.2 Å². The lowest BCUT2D eigenvalue weighted by Crippen LogP contribution is -2.53. The van der Waals surface area contributed by atoms with E-state index in [2.05, 4.69) is 0 Å². The van der Waals surface area contributed by atoms with Crippen molar-refractivity contribution in [1.29, 1.82) is 0 Å². The van der Waals surface area contributed by atoms with Crippen molar-refractivity contribution in [3.8, 4) is 0 Å². The fraction of sp³-hybridized carbons (Fsp3) is 0.391. The average molecular weight is 444 g/mol. The minimum absolute atomic E-state index is 0.0221. The predicted octanol–water partition coefficient (Wildman–Crippen LogP) is 2.42. The molecule has 1 unspecified atom stereocenters. The van der Waals surface area contributed by atoms with Crippen LogP contribution in [0.15, 0.2) is 59.5 Å². The smallest absolute Gasteiger partial charge is 0.244 e. The van der Waals surface area contributed by atoms with Gasteiger partial charge in [-0.2, -0.15) is 4.31 Å². The summed E-state index contributed by atoms with van der Waals surface area (Å²) in [5.74, 6) is -0.203. The molecule has 1 atom stereocenters. The molecule has 0 spiro atoms. The molecule has 31 heavy (non-hydrogen) atoms. The number of amides is 1. The van der Waals surface area contributed by atoms with Crippen molar-refractivity contribution in [2.45, 2.75) is 24.8 Å². The van der Waals surface area contributed by atoms with Gasteiger partial charge in [-0.15, -0.1) is 0 Å². The lowest BCUT2D eigenvalue weighted by molar-refractivity contribution is -0.138. The molecule has 1 fully saturated rings. The summed E-state index contributed by atoms with van der Waals surface area (Å²) in [7, 11) is -1.81. The summed E-state index contributed by atoms with van der Waals surface area (Å²) in [6.07, 6.45) is 0. The summed E-state index contributed by atoms with van der Waals surface area (Å²) in [5.41, 5.74) is 1.29. The highest BCUT2D eigenvalue weighted by Gasteiger charge is 2.34. The van der Waals surface area contributed by atoms with Crippen molar-refractivity contribution < 1.29 is 18.0 Å². The summed E-state index contributed by atoms with van der Waals surface area (Å²) in [5, 5.41) is 0. The van der Waals surface area contributed by atoms with Crippen LogP contribution in [0.25, 0.3) is 0 Å². The minimum atomic E-state index is -3.73. The van der Waals surface area contributed by atoms with E-state index >= 15 is 0 Å². The monoisotopic (exact) mass is 443 g/mol. The van der Waals surface area contributed by atoms with E-state index in [0.717, 1.165) is 5.56 Å². The van der Waals surface area contributed by atoms with Crippen molar-refractivity contribution in [1.82, 2.24) is 14.1 Å². The number of carbonyl (C=O) groups excluding carboxylic acids is 2. The first-order valence-corrected chi connectivity index (χ1v) is 11.8. The summed E-state index contributed by atoms with van der Waals surface area (Å²) >= 11 is 0. The molecule has 0 saturated carbocycles. The highest BCUT2D eigenvalue weighted by molar-refractivity contribution is 7.89. The van der Waals surface area contributed by atoms with Gasteiger partial charge in [0.2, 0.25) is 15.9 Å². The number of likely N-dealkylation sites (N-methyl/N-ethyl adjacent to an activating group) is 1. The molecule has 1 aliphatic heterocycles. The Morgan fingerprint density at radius 1 is 1.00 bits per heavy atom. The number of hydrogen-bond acceptors (Lipinski definition) is 5. The number of rotatable bonds is 7. The van der Waals surface area contributed by atoms with Crippen molar-refractivity contribution >= 4 is 21.7 Å². The Labute approximate surface area is 184 Å². The van der Waals surface area contributed by atoms with E-state index in [4.69, 9.17) is 0 Å². The topological polar surface area (TPSA) is 78.0 Å². The molecule has 1 aliphatic rings. The Balaban J connectivity index is 1.74. The Morgan fingerprint density at radius 2 is 1.65 bits per heavy atom. The maximum Gasteiger partial charge on any atom is 0.244 e. The van der Waals surface area contributed by atoms with E-state index in [1.54, 1.807) is 17.0 Å². The van der Waals surface area contributed by atoms with Gasteiger partial charge in [0.15, 0.2) is 5.78 Å². The third kappa shape index (κ3) is 5.03. The van der Waals surface area contributed by atoms with Gasteiger partial charge in [0.25, 0.3) is 0 Å². The molecular weight excluding hydrogens is 414 g/mol. The molecule has 0 radical (unpaired) electrons. The number of sulfonamides is 1. The molecule has 2 aromatic rings. The van der Waals surface area contributed by atoms with Crippen molar-refractivity contribution in [3.63, 3.8) is 0 Å². The largest absolute Gasteiger partial charge is 0.338 e. The lowest BCUT2D eigenvalue weighted by Gasteiger charge is -2.37. The molecule has 8 heteroatoms. The zero-order valence-electron chi connectivity index (χ0n) is 18.2. The van der Waals surface area contributed by atoms with Gasteiger partial charge in [-0.25, -0.2) is 8.42 Å². The second kappa shape index (κ2) is 9.72. The number of nitrogens with zero attached hydrogens (tertiary/aromatic N) is 3. The quantitative estimate of drug-likeness (QED) is 0.614. The van der Waals surface area contributed by atoms with Gasteiger partial charge in [0, 0.05) is 31.7 Å². The van der Waals surface area contributed by atoms with Crippen molar-refractivity contribution in [2.75, 3.05) is 39.8 Å². The zero-order valence-corrected chi connectivity index (χ0v) is 19.0. The first kappa shape index (κ1) is 23.1. The zero-order chi connectivity index (χ0) is 22.6. The van der Waals surface area contributed by atoms with E-state index in [1.807, 2.05) is 49.2 Å². The molecule has 1 amide bonds. The fourth-order valence-corrected chi connectivity index (χ4v) is 5.22. The summed E-state index contributed by atoms with van der Waals surface area (Å²) in [6.45, 7) is 5.21. The third-order valence-corrected chi connectivity index (χ3v) is 7.61. The molecule has 166 valence electrons. The molecule has 0 bridgehead atoms. The van der Waals surface area contributed by atoms with Crippen LogP contribution in [0.2, 0.25) is 0 Å². The predicted molar refractivity (Wildman–Crippen MR) is 119 cm³/mol. The van der Waals surface area contributed by atoms with Crippen LogP contribution >= 0.6 is 0 Å². The van der Waals surface area contributed by atoms with Crippen LogP contribution in [-0.4, -0.2) is 74.0 Å². The molecule has 0 aromatic heterocycles. The maximum absolute atomic E-state index is 13.3. The molecular formula is C23H29N3O4S. The number of hydrogen-bond donors (Lipinski definition) is 0. The molecule has 7 nitrogen and oxygen atoms in total. The van der Waals surface area contributed by atoms with E-state index in [0.29, 0.717) is 25.2 Å². The van der Waals surface area contributed by atoms with Gasteiger partial charge in [0.05, 0.1) is 4.90 Å². The van der Waals surface area contributed by atoms with Crippen LogP contribution in [0.3, 0.4) is 0 Å². The lowest BCUT2D eigenvalue weighted by atomic mass is 10.0. The summed E-state index contributed by atoms with van der Waals surface area (Å²) < 4.78 is 27.5. The van der Waals surface area contributed by atoms with Crippen LogP contribution in [0.4, 0.5) is 0 Å². The van der Waals surface area contributed by atoms with Gasteiger partial charge >= 0.3 is 0 Å². The van der Waals surface area contributed by atoms with Crippen molar-refractivity contribution in [3.05, 3.63) is 65.7 Å². The second-order valence-electron chi connectivity index (χ2n) is 7.70. The fourth-order valence-electron chi connectivity index (χ4n) is 3.75. The van der Waals surface area contributed by atoms with Crippen LogP contribution < -0.4 is 0 Å². The number of ketones is 1. The van der Waals surface area contributed by atoms with E-state index < -0.39 is 16.1 Å². The Kier molecular flexibility index (Phi) is 7.25. The number of piperazine rings is 1. The van der Waals surface area contributed by atoms with Gasteiger partial charge in [-0.1, -0.05) is 49.4 Å². The van der Waals surface area contributed by atoms with Gasteiger partial charge in [0.1, 0.15) is 6.04 Å². The second-order valence-corrected chi connectivity index (χ2v) is 9.64. The Hall–Kier alpha value is -2.55. The van der Waals surface area contributed by atoms with Crippen LogP contribution in [0.1, 0.15) is 35.8 Å². The third-order valence-electron chi connectivity index (χ3n) is 5.72. The Morgan fingerprint density at radius 3 is 2.23 bits per heavy atom. The van der Waals surface area contributed by atoms with Crippen LogP contribution in [0, 0.1) is 0 Å². The van der Waals surface area contributed by atoms with E-state index in [-0.39, 0.29) is 29.7 Å². The summed E-state index contributed by atoms with van der Waals surface area (Å²) in [4.78, 5) is 28.8. The number of benzene rings is 2. The maximum atomic E-state index is 13.3. The molecule has 2 aromatic carbocycles. The number of Topliss-reactive ketones (excluding diaryl/α,β-unsaturated/α-hetero) is 1. The molecule has 3 rings (SSSR count).